The lowest BCUT2D eigenvalue weighted by molar-refractivity contribution is -0.0251. The molecule has 3 rings (SSSR count). The highest BCUT2D eigenvalue weighted by molar-refractivity contribution is 5.32. The Morgan fingerprint density at radius 2 is 2.10 bits per heavy atom. The minimum absolute atomic E-state index is 0.106. The van der Waals surface area contributed by atoms with Crippen molar-refractivity contribution in [3.8, 4) is 0 Å². The van der Waals surface area contributed by atoms with Gasteiger partial charge in [-0.15, -0.1) is 0 Å². The van der Waals surface area contributed by atoms with Crippen LogP contribution in [0.3, 0.4) is 0 Å². The molecule has 1 aromatic rings. The van der Waals surface area contributed by atoms with Crippen LogP contribution in [0.5, 0.6) is 0 Å². The molecule has 1 aliphatic heterocycles. The largest absolute Gasteiger partial charge is 0.377 e. The van der Waals surface area contributed by atoms with Crippen LogP contribution < -0.4 is 5.73 Å². The third-order valence-electron chi connectivity index (χ3n) is 5.44. The molecule has 116 valence electrons. The van der Waals surface area contributed by atoms with E-state index in [2.05, 4.69) is 36.2 Å². The number of rotatable bonds is 4. The number of aryl methyl sites for hydroxylation is 1. The molecule has 1 fully saturated rings. The third-order valence-corrected chi connectivity index (χ3v) is 5.44. The molecule has 1 saturated heterocycles. The van der Waals surface area contributed by atoms with E-state index in [0.717, 1.165) is 39.0 Å². The molecule has 0 saturated carbocycles. The maximum atomic E-state index is 6.22. The summed E-state index contributed by atoms with van der Waals surface area (Å²) in [5, 5.41) is 0. The molecule has 2 N–H and O–H groups in total. The van der Waals surface area contributed by atoms with Gasteiger partial charge in [0.25, 0.3) is 0 Å². The maximum absolute atomic E-state index is 6.22. The van der Waals surface area contributed by atoms with Crippen LogP contribution >= 0.6 is 0 Å². The van der Waals surface area contributed by atoms with E-state index >= 15 is 0 Å². The van der Waals surface area contributed by atoms with Gasteiger partial charge >= 0.3 is 0 Å². The summed E-state index contributed by atoms with van der Waals surface area (Å²) in [5.74, 6) is 0. The van der Waals surface area contributed by atoms with E-state index in [1.54, 1.807) is 0 Å². The molecule has 2 unspecified atom stereocenters. The van der Waals surface area contributed by atoms with E-state index in [-0.39, 0.29) is 5.54 Å². The zero-order chi connectivity index (χ0) is 14.7. The van der Waals surface area contributed by atoms with Crippen LogP contribution in [0.25, 0.3) is 0 Å². The summed E-state index contributed by atoms with van der Waals surface area (Å²) < 4.78 is 5.92. The van der Waals surface area contributed by atoms with Crippen molar-refractivity contribution in [3.63, 3.8) is 0 Å². The predicted octanol–water partition coefficient (Wildman–Crippen LogP) is 2.37. The van der Waals surface area contributed by atoms with E-state index in [9.17, 15) is 0 Å². The summed E-state index contributed by atoms with van der Waals surface area (Å²) in [6.07, 6.45) is 7.48. The first-order valence-corrected chi connectivity index (χ1v) is 8.33. The summed E-state index contributed by atoms with van der Waals surface area (Å²) in [7, 11) is 2.23. The van der Waals surface area contributed by atoms with Gasteiger partial charge in [-0.1, -0.05) is 24.3 Å². The molecule has 0 bridgehead atoms. The number of ether oxygens (including phenoxy) is 1. The van der Waals surface area contributed by atoms with Crippen molar-refractivity contribution < 1.29 is 4.74 Å². The fourth-order valence-electron chi connectivity index (χ4n) is 3.89. The topological polar surface area (TPSA) is 38.5 Å². The molecule has 0 spiro atoms. The number of likely N-dealkylation sites (N-methyl/N-ethyl adjacent to an activating group) is 1. The van der Waals surface area contributed by atoms with Crippen LogP contribution in [0, 0.1) is 0 Å². The first-order valence-electron chi connectivity index (χ1n) is 8.33. The molecule has 3 heteroatoms. The third kappa shape index (κ3) is 3.15. The Bertz CT molecular complexity index is 470. The van der Waals surface area contributed by atoms with Gasteiger partial charge in [-0.2, -0.15) is 0 Å². The van der Waals surface area contributed by atoms with Gasteiger partial charge in [0.1, 0.15) is 0 Å². The summed E-state index contributed by atoms with van der Waals surface area (Å²) in [4.78, 5) is 2.49. The van der Waals surface area contributed by atoms with Gasteiger partial charge in [0.2, 0.25) is 0 Å². The van der Waals surface area contributed by atoms with Gasteiger partial charge in [0.05, 0.1) is 6.10 Å². The van der Waals surface area contributed by atoms with Crippen LogP contribution in [-0.4, -0.2) is 43.3 Å². The lowest BCUT2D eigenvalue weighted by Gasteiger charge is -2.46. The van der Waals surface area contributed by atoms with Crippen LogP contribution in [0.15, 0.2) is 24.3 Å². The summed E-state index contributed by atoms with van der Waals surface area (Å²) in [5.41, 5.74) is 9.31. The van der Waals surface area contributed by atoms with Gasteiger partial charge in [-0.25, -0.2) is 0 Å². The van der Waals surface area contributed by atoms with Crippen molar-refractivity contribution in [2.24, 2.45) is 5.73 Å². The first kappa shape index (κ1) is 15.0. The molecule has 1 heterocycles. The standard InChI is InChI=1S/C18H28N2O/c1-20(13-17-8-4-5-11-21-17)18(14-19)10-9-15-6-2-3-7-16(15)12-18/h2-3,6-7,17H,4-5,8-14,19H2,1H3. The highest BCUT2D eigenvalue weighted by atomic mass is 16.5. The molecular weight excluding hydrogens is 260 g/mol. The quantitative estimate of drug-likeness (QED) is 0.924. The van der Waals surface area contributed by atoms with Crippen molar-refractivity contribution in [2.45, 2.75) is 50.2 Å². The average molecular weight is 288 g/mol. The lowest BCUT2D eigenvalue weighted by Crippen LogP contribution is -2.57. The van der Waals surface area contributed by atoms with Crippen LogP contribution in [0.1, 0.15) is 36.8 Å². The van der Waals surface area contributed by atoms with Crippen molar-refractivity contribution >= 4 is 0 Å². The smallest absolute Gasteiger partial charge is 0.0702 e. The van der Waals surface area contributed by atoms with E-state index < -0.39 is 0 Å². The molecule has 21 heavy (non-hydrogen) atoms. The van der Waals surface area contributed by atoms with E-state index in [0.29, 0.717) is 6.10 Å². The SMILES string of the molecule is CN(CC1CCCCO1)C1(CN)CCc2ccccc2C1. The summed E-state index contributed by atoms with van der Waals surface area (Å²) in [6.45, 7) is 2.67. The van der Waals surface area contributed by atoms with Crippen molar-refractivity contribution in [1.29, 1.82) is 0 Å². The number of nitrogens with two attached hydrogens (primary N) is 1. The van der Waals surface area contributed by atoms with E-state index in [1.807, 2.05) is 0 Å². The molecule has 0 amide bonds. The van der Waals surface area contributed by atoms with Crippen LogP contribution in [0.4, 0.5) is 0 Å². The predicted molar refractivity (Wildman–Crippen MR) is 86.5 cm³/mol. The van der Waals surface area contributed by atoms with Crippen LogP contribution in [0.2, 0.25) is 0 Å². The maximum Gasteiger partial charge on any atom is 0.0702 e. The second-order valence-corrected chi connectivity index (χ2v) is 6.74. The Hall–Kier alpha value is -0.900. The number of fused-ring (bicyclic) bond motifs is 1. The molecule has 2 atom stereocenters. The van der Waals surface area contributed by atoms with Crippen molar-refractivity contribution in [3.05, 3.63) is 35.4 Å². The first-order chi connectivity index (χ1) is 10.2. The lowest BCUT2D eigenvalue weighted by atomic mass is 9.76. The Morgan fingerprint density at radius 3 is 2.81 bits per heavy atom. The van der Waals surface area contributed by atoms with Gasteiger partial charge < -0.3 is 10.5 Å². The highest BCUT2D eigenvalue weighted by Gasteiger charge is 2.37. The molecule has 1 aliphatic carbocycles. The molecule has 0 aromatic heterocycles. The number of nitrogens with zero attached hydrogens (tertiary/aromatic N) is 1. The Morgan fingerprint density at radius 1 is 1.29 bits per heavy atom. The Labute approximate surface area is 128 Å². The zero-order valence-corrected chi connectivity index (χ0v) is 13.2. The monoisotopic (exact) mass is 288 g/mol. The van der Waals surface area contributed by atoms with E-state index in [4.69, 9.17) is 10.5 Å². The highest BCUT2D eigenvalue weighted by Crippen LogP contribution is 2.32. The summed E-state index contributed by atoms with van der Waals surface area (Å²) in [6, 6.07) is 8.83. The Kier molecular flexibility index (Phi) is 4.63. The van der Waals surface area contributed by atoms with Gasteiger partial charge in [-0.05, 0) is 56.7 Å². The van der Waals surface area contributed by atoms with E-state index in [1.165, 1.54) is 30.4 Å². The second-order valence-electron chi connectivity index (χ2n) is 6.74. The molecule has 2 aliphatic rings. The van der Waals surface area contributed by atoms with Crippen molar-refractivity contribution in [2.75, 3.05) is 26.7 Å². The molecule has 0 radical (unpaired) electrons. The fraction of sp³-hybridized carbons (Fsp3) is 0.667. The van der Waals surface area contributed by atoms with Crippen LogP contribution in [-0.2, 0) is 17.6 Å². The average Bonchev–Trinajstić information content (AvgIpc) is 2.55. The zero-order valence-electron chi connectivity index (χ0n) is 13.2. The Balaban J connectivity index is 1.71. The fourth-order valence-corrected chi connectivity index (χ4v) is 3.89. The number of benzene rings is 1. The molecular formula is C18H28N2O. The van der Waals surface area contributed by atoms with Gasteiger partial charge in [0.15, 0.2) is 0 Å². The minimum Gasteiger partial charge on any atom is -0.377 e. The van der Waals surface area contributed by atoms with Gasteiger partial charge in [0, 0.05) is 25.2 Å². The molecule has 3 nitrogen and oxygen atoms in total. The van der Waals surface area contributed by atoms with Gasteiger partial charge in [-0.3, -0.25) is 4.90 Å². The summed E-state index contributed by atoms with van der Waals surface area (Å²) >= 11 is 0. The second kappa shape index (κ2) is 6.47. The number of hydrogen-bond acceptors (Lipinski definition) is 3. The number of hydrogen-bond donors (Lipinski definition) is 1. The normalized spacial score (nSPS) is 29.4. The van der Waals surface area contributed by atoms with Crippen molar-refractivity contribution in [1.82, 2.24) is 4.90 Å². The molecule has 1 aromatic carbocycles. The minimum atomic E-state index is 0.106.